The van der Waals surface area contributed by atoms with E-state index in [4.69, 9.17) is 0 Å². The minimum absolute atomic E-state index is 0. The minimum Gasteiger partial charge on any atom is -0.168 e. The van der Waals surface area contributed by atoms with Crippen molar-refractivity contribution >= 4 is 10.8 Å². The zero-order valence-electron chi connectivity index (χ0n) is 7.68. The van der Waals surface area contributed by atoms with Crippen LogP contribution in [-0.2, 0) is 23.6 Å². The van der Waals surface area contributed by atoms with E-state index in [9.17, 15) is 7.88 Å². The molecule has 0 aliphatic rings. The van der Waals surface area contributed by atoms with E-state index in [0.717, 1.165) is 0 Å². The quantitative estimate of drug-likeness (QED) is 0.631. The number of rotatable bonds is 0. The van der Waals surface area contributed by atoms with E-state index >= 15 is 0 Å². The van der Waals surface area contributed by atoms with Gasteiger partial charge in [0, 0.05) is 0 Å². The molecule has 0 N–H and O–H groups in total. The zero-order valence-corrected chi connectivity index (χ0v) is 10.1. The second kappa shape index (κ2) is 6.88. The molecule has 4 heteroatoms. The summed E-state index contributed by atoms with van der Waals surface area (Å²) in [6, 6.07) is 14.7. The van der Waals surface area contributed by atoms with Crippen LogP contribution in [0.2, 0.25) is 0 Å². The number of fused-ring (bicyclic) bond motifs is 1. The van der Waals surface area contributed by atoms with Crippen molar-refractivity contribution in [3.63, 3.8) is 0 Å². The van der Waals surface area contributed by atoms with Gasteiger partial charge in [-0.05, 0) is 0 Å². The molecule has 0 saturated carbocycles. The topological polar surface area (TPSA) is 0 Å². The molecule has 0 spiro atoms. The van der Waals surface area contributed by atoms with E-state index in [1.807, 2.05) is 0 Å². The second-order valence-corrected chi connectivity index (χ2v) is 3.42. The van der Waals surface area contributed by atoms with Crippen molar-refractivity contribution < 1.29 is 31.5 Å². The van der Waals surface area contributed by atoms with Crippen molar-refractivity contribution in [1.29, 1.82) is 0 Å². The predicted octanol–water partition coefficient (Wildman–Crippen LogP) is 4.27. The van der Waals surface area contributed by atoms with Crippen molar-refractivity contribution in [3.8, 4) is 0 Å². The van der Waals surface area contributed by atoms with Gasteiger partial charge >= 0.3 is 31.5 Å². The van der Waals surface area contributed by atoms with E-state index in [1.54, 1.807) is 0 Å². The molecule has 0 aromatic heterocycles. The first-order chi connectivity index (χ1) is 6.20. The summed E-state index contributed by atoms with van der Waals surface area (Å²) >= 11 is -5.04. The molecule has 0 nitrogen and oxygen atoms in total. The van der Waals surface area contributed by atoms with Gasteiger partial charge in [-0.3, -0.25) is 0 Å². The van der Waals surface area contributed by atoms with Gasteiger partial charge in [0.1, 0.15) is 0 Å². The maximum Gasteiger partial charge on any atom is -0.0809 e. The molecule has 0 aliphatic carbocycles. The molecule has 0 heterocycles. The van der Waals surface area contributed by atoms with Gasteiger partial charge in [0.2, 0.25) is 0 Å². The minimum atomic E-state index is -5.04. The third-order valence-corrected chi connectivity index (χ3v) is 1.55. The van der Waals surface area contributed by atoms with Crippen LogP contribution in [0, 0.1) is 7.43 Å². The van der Waals surface area contributed by atoms with Crippen LogP contribution in [0.3, 0.4) is 0 Å². The maximum absolute atomic E-state index is 9.86. The van der Waals surface area contributed by atoms with Crippen LogP contribution in [0.4, 0.5) is 7.88 Å². The summed E-state index contributed by atoms with van der Waals surface area (Å²) in [6.07, 6.45) is 0. The molecule has 0 saturated heterocycles. The number of benzene rings is 1. The summed E-state index contributed by atoms with van der Waals surface area (Å²) in [4.78, 5) is 0. The molecule has 0 atom stereocenters. The van der Waals surface area contributed by atoms with E-state index in [-0.39, 0.29) is 7.43 Å². The van der Waals surface area contributed by atoms with Crippen LogP contribution >= 0.6 is 0 Å². The average Bonchev–Trinajstić information content (AvgIpc) is 2.49. The number of hydrogen-bond donors (Lipinski definition) is 0. The SMILES string of the molecule is [CH3-].[F][Zr]([F])[F].c1ccc2[cH-]ccc2c1. The Morgan fingerprint density at radius 1 is 1.00 bits per heavy atom. The predicted molar refractivity (Wildman–Crippen MR) is 49.3 cm³/mol. The third kappa shape index (κ3) is 4.66. The van der Waals surface area contributed by atoms with Gasteiger partial charge in [-0.1, -0.05) is 6.07 Å². The Hall–Kier alpha value is -0.497. The average molecular weight is 278 g/mol. The van der Waals surface area contributed by atoms with Crippen LogP contribution in [0.15, 0.2) is 42.5 Å². The van der Waals surface area contributed by atoms with E-state index in [1.165, 1.54) is 10.8 Å². The van der Waals surface area contributed by atoms with E-state index < -0.39 is 23.6 Å². The van der Waals surface area contributed by atoms with Gasteiger partial charge < -0.3 is 7.43 Å². The van der Waals surface area contributed by atoms with Crippen LogP contribution in [0.1, 0.15) is 0 Å². The summed E-state index contributed by atoms with van der Waals surface area (Å²) in [5.74, 6) is 0. The fraction of sp³-hybridized carbons (Fsp3) is 0. The van der Waals surface area contributed by atoms with Crippen molar-refractivity contribution in [1.82, 2.24) is 0 Å². The second-order valence-electron chi connectivity index (χ2n) is 2.37. The summed E-state index contributed by atoms with van der Waals surface area (Å²) in [7, 11) is 0. The molecule has 0 fully saturated rings. The Balaban J connectivity index is 0.000000299. The first-order valence-electron chi connectivity index (χ1n) is 3.64. The van der Waals surface area contributed by atoms with Gasteiger partial charge in [0.25, 0.3) is 0 Å². The Morgan fingerprint density at radius 3 is 2.14 bits per heavy atom. The fourth-order valence-electron chi connectivity index (χ4n) is 1.07. The summed E-state index contributed by atoms with van der Waals surface area (Å²) in [5.41, 5.74) is 0. The Kier molecular flexibility index (Phi) is 6.64. The summed E-state index contributed by atoms with van der Waals surface area (Å²) in [6.45, 7) is 0. The van der Waals surface area contributed by atoms with Gasteiger partial charge in [0.15, 0.2) is 0 Å². The van der Waals surface area contributed by atoms with E-state index in [2.05, 4.69) is 42.5 Å². The zero-order chi connectivity index (χ0) is 9.68. The van der Waals surface area contributed by atoms with Crippen LogP contribution < -0.4 is 0 Å². The molecule has 2 aromatic carbocycles. The van der Waals surface area contributed by atoms with E-state index in [0.29, 0.717) is 0 Å². The van der Waals surface area contributed by atoms with Gasteiger partial charge in [-0.15, -0.1) is 29.7 Å². The molecule has 14 heavy (non-hydrogen) atoms. The van der Waals surface area contributed by atoms with Crippen LogP contribution in [-0.4, -0.2) is 0 Å². The molecule has 0 aliphatic heterocycles. The molecule has 77 valence electrons. The van der Waals surface area contributed by atoms with Crippen LogP contribution in [0.5, 0.6) is 0 Å². The Bertz CT molecular complexity index is 324. The largest absolute Gasteiger partial charge is 0.168 e. The van der Waals surface area contributed by atoms with Gasteiger partial charge in [-0.25, -0.2) is 0 Å². The normalized spacial score (nSPS) is 8.50. The first-order valence-corrected chi connectivity index (χ1v) is 6.43. The molecule has 0 bridgehead atoms. The summed E-state index contributed by atoms with van der Waals surface area (Å²) < 4.78 is 29.6. The maximum atomic E-state index is 9.86. The van der Waals surface area contributed by atoms with Crippen molar-refractivity contribution in [2.45, 2.75) is 0 Å². The van der Waals surface area contributed by atoms with Crippen LogP contribution in [0.25, 0.3) is 10.8 Å². The first kappa shape index (κ1) is 13.5. The molecular formula is C10H10F3Zr-2. The fourth-order valence-corrected chi connectivity index (χ4v) is 1.07. The van der Waals surface area contributed by atoms with Gasteiger partial charge in [-0.2, -0.15) is 17.5 Å². The van der Waals surface area contributed by atoms with Crippen molar-refractivity contribution in [2.24, 2.45) is 0 Å². The molecular weight excluding hydrogens is 268 g/mol. The Labute approximate surface area is 92.0 Å². The number of halogens is 3. The van der Waals surface area contributed by atoms with Gasteiger partial charge in [0.05, 0.1) is 0 Å². The summed E-state index contributed by atoms with van der Waals surface area (Å²) in [5, 5.41) is 2.66. The molecule has 0 radical (unpaired) electrons. The smallest absolute Gasteiger partial charge is 0.0809 e. The molecule has 0 unspecified atom stereocenters. The number of hydrogen-bond acceptors (Lipinski definition) is 0. The molecule has 0 amide bonds. The molecule has 2 aromatic rings. The monoisotopic (exact) mass is 277 g/mol. The van der Waals surface area contributed by atoms with Crippen molar-refractivity contribution in [2.75, 3.05) is 0 Å². The third-order valence-electron chi connectivity index (χ3n) is 1.55. The standard InChI is InChI=1S/C9H7.CH3.3FH.Zr/c1-2-5-9-7-3-6-8(9)4-1;;;;;/h1-7H;1H3;3*1H;/q2*-1;;;;+3/p-3. The Morgan fingerprint density at radius 2 is 1.57 bits per heavy atom. The van der Waals surface area contributed by atoms with Crippen molar-refractivity contribution in [3.05, 3.63) is 49.9 Å². The molecule has 2 rings (SSSR count).